The molecule has 110 valence electrons. The van der Waals surface area contributed by atoms with Gasteiger partial charge in [-0.3, -0.25) is 0 Å². The van der Waals surface area contributed by atoms with Crippen molar-refractivity contribution >= 4 is 21.4 Å². The predicted octanol–water partition coefficient (Wildman–Crippen LogP) is 2.14. The van der Waals surface area contributed by atoms with Crippen LogP contribution in [-0.4, -0.2) is 20.1 Å². The highest BCUT2D eigenvalue weighted by molar-refractivity contribution is 7.91. The Morgan fingerprint density at radius 3 is 2.65 bits per heavy atom. The molecule has 5 nitrogen and oxygen atoms in total. The van der Waals surface area contributed by atoms with Gasteiger partial charge in [0.1, 0.15) is 21.3 Å². The summed E-state index contributed by atoms with van der Waals surface area (Å²) < 4.78 is 32.1. The van der Waals surface area contributed by atoms with Crippen LogP contribution in [0.3, 0.4) is 0 Å². The molecule has 2 N–H and O–H groups in total. The van der Waals surface area contributed by atoms with Crippen LogP contribution in [0.4, 0.5) is 0 Å². The fourth-order valence-corrected chi connectivity index (χ4v) is 4.15. The largest absolute Gasteiger partial charge is 0.466 e. The summed E-state index contributed by atoms with van der Waals surface area (Å²) in [5.74, 6) is 1.27. The summed E-state index contributed by atoms with van der Waals surface area (Å²) in [7, 11) is -3.59. The number of thiophene rings is 1. The molecule has 0 aliphatic carbocycles. The van der Waals surface area contributed by atoms with Gasteiger partial charge >= 0.3 is 0 Å². The van der Waals surface area contributed by atoms with E-state index in [-0.39, 0.29) is 10.8 Å². The van der Waals surface area contributed by atoms with Gasteiger partial charge in [0.25, 0.3) is 0 Å². The molecule has 0 fully saturated rings. The molecule has 0 aliphatic rings. The second-order valence-electron chi connectivity index (χ2n) is 4.86. The van der Waals surface area contributed by atoms with Crippen LogP contribution in [-0.2, 0) is 15.6 Å². The van der Waals surface area contributed by atoms with Crippen LogP contribution < -0.4 is 4.72 Å². The van der Waals surface area contributed by atoms with E-state index < -0.39 is 15.6 Å². The normalized spacial score (nSPS) is 15.2. The van der Waals surface area contributed by atoms with Crippen LogP contribution in [0, 0.1) is 13.8 Å². The third kappa shape index (κ3) is 3.12. The highest BCUT2D eigenvalue weighted by Crippen LogP contribution is 2.27. The van der Waals surface area contributed by atoms with Crippen molar-refractivity contribution in [1.29, 1.82) is 0 Å². The Labute approximate surface area is 122 Å². The molecule has 1 atom stereocenters. The van der Waals surface area contributed by atoms with E-state index in [2.05, 4.69) is 4.72 Å². The van der Waals surface area contributed by atoms with E-state index in [0.717, 1.165) is 11.3 Å². The van der Waals surface area contributed by atoms with Gasteiger partial charge in [0, 0.05) is 12.1 Å². The topological polar surface area (TPSA) is 79.5 Å². The summed E-state index contributed by atoms with van der Waals surface area (Å²) in [5.41, 5.74) is -0.740. The van der Waals surface area contributed by atoms with Crippen molar-refractivity contribution in [2.75, 3.05) is 6.54 Å². The monoisotopic (exact) mass is 315 g/mol. The molecule has 0 aromatic carbocycles. The van der Waals surface area contributed by atoms with Crippen LogP contribution in [0.15, 0.2) is 32.2 Å². The van der Waals surface area contributed by atoms with E-state index in [9.17, 15) is 13.5 Å². The lowest BCUT2D eigenvalue weighted by molar-refractivity contribution is 0.0612. The van der Waals surface area contributed by atoms with Crippen LogP contribution in [0.1, 0.15) is 24.0 Å². The molecule has 0 saturated carbocycles. The lowest BCUT2D eigenvalue weighted by Gasteiger charge is -2.23. The summed E-state index contributed by atoms with van der Waals surface area (Å²) in [6.07, 6.45) is 0. The molecule has 0 aliphatic heterocycles. The molecule has 0 spiro atoms. The summed E-state index contributed by atoms with van der Waals surface area (Å²) in [5, 5.41) is 12.1. The Hall–Kier alpha value is -1.15. The predicted molar refractivity (Wildman–Crippen MR) is 77.3 cm³/mol. The minimum Gasteiger partial charge on any atom is -0.466 e. The first-order valence-electron chi connectivity index (χ1n) is 6.05. The van der Waals surface area contributed by atoms with E-state index in [1.54, 1.807) is 38.3 Å². The van der Waals surface area contributed by atoms with Gasteiger partial charge in [0.05, 0.1) is 0 Å². The van der Waals surface area contributed by atoms with Crippen molar-refractivity contribution in [1.82, 2.24) is 4.72 Å². The second kappa shape index (κ2) is 5.33. The molecule has 7 heteroatoms. The maximum atomic E-state index is 12.0. The molecule has 2 aromatic rings. The molecule has 0 bridgehead atoms. The van der Waals surface area contributed by atoms with Crippen molar-refractivity contribution < 1.29 is 17.9 Å². The Morgan fingerprint density at radius 2 is 2.15 bits per heavy atom. The average molecular weight is 315 g/mol. The number of furan rings is 1. The number of nitrogens with one attached hydrogen (secondary N) is 1. The minimum absolute atomic E-state index is 0.118. The zero-order valence-corrected chi connectivity index (χ0v) is 13.1. The van der Waals surface area contributed by atoms with Crippen molar-refractivity contribution in [3.05, 3.63) is 40.7 Å². The third-order valence-electron chi connectivity index (χ3n) is 2.99. The maximum Gasteiger partial charge on any atom is 0.250 e. The van der Waals surface area contributed by atoms with Gasteiger partial charge in [-0.05, 0) is 38.3 Å². The van der Waals surface area contributed by atoms with Gasteiger partial charge in [-0.15, -0.1) is 11.3 Å². The number of aryl methyl sites for hydroxylation is 2. The molecule has 0 radical (unpaired) electrons. The lowest BCUT2D eigenvalue weighted by Crippen LogP contribution is -2.38. The van der Waals surface area contributed by atoms with Crippen molar-refractivity contribution in [3.63, 3.8) is 0 Å². The molecule has 2 heterocycles. The number of hydrogen-bond donors (Lipinski definition) is 2. The first-order valence-corrected chi connectivity index (χ1v) is 8.42. The zero-order chi connectivity index (χ0) is 15.0. The SMILES string of the molecule is Cc1cc([C@@](C)(O)CNS(=O)(=O)c2cccs2)c(C)o1. The number of aliphatic hydroxyl groups is 1. The highest BCUT2D eigenvalue weighted by atomic mass is 32.2. The molecular weight excluding hydrogens is 298 g/mol. The highest BCUT2D eigenvalue weighted by Gasteiger charge is 2.30. The van der Waals surface area contributed by atoms with Gasteiger partial charge in [-0.1, -0.05) is 6.07 Å². The summed E-state index contributed by atoms with van der Waals surface area (Å²) in [6, 6.07) is 4.91. The third-order valence-corrected chi connectivity index (χ3v) is 5.79. The summed E-state index contributed by atoms with van der Waals surface area (Å²) >= 11 is 1.13. The standard InChI is InChI=1S/C13H17NO4S2/c1-9-7-11(10(2)18-9)13(3,15)8-14-20(16,17)12-5-4-6-19-12/h4-7,14-15H,8H2,1-3H3/t13-/m0/s1. The lowest BCUT2D eigenvalue weighted by atomic mass is 9.97. The first-order chi connectivity index (χ1) is 9.22. The van der Waals surface area contributed by atoms with Gasteiger partial charge in [0.15, 0.2) is 0 Å². The smallest absolute Gasteiger partial charge is 0.250 e. The van der Waals surface area contributed by atoms with E-state index in [1.165, 1.54) is 6.07 Å². The minimum atomic E-state index is -3.59. The average Bonchev–Trinajstić information content (AvgIpc) is 2.97. The van der Waals surface area contributed by atoms with Gasteiger partial charge in [0.2, 0.25) is 10.0 Å². The molecule has 0 amide bonds. The van der Waals surface area contributed by atoms with E-state index >= 15 is 0 Å². The first kappa shape index (κ1) is 15.2. The Morgan fingerprint density at radius 1 is 1.45 bits per heavy atom. The van der Waals surface area contributed by atoms with Crippen molar-refractivity contribution in [2.24, 2.45) is 0 Å². The molecule has 0 saturated heterocycles. The maximum absolute atomic E-state index is 12.0. The zero-order valence-electron chi connectivity index (χ0n) is 11.5. The number of sulfonamides is 1. The molecule has 20 heavy (non-hydrogen) atoms. The van der Waals surface area contributed by atoms with Gasteiger partial charge < -0.3 is 9.52 Å². The van der Waals surface area contributed by atoms with Crippen LogP contribution in [0.5, 0.6) is 0 Å². The molecule has 0 unspecified atom stereocenters. The Kier molecular flexibility index (Phi) is 4.06. The quantitative estimate of drug-likeness (QED) is 0.886. The molecule has 2 aromatic heterocycles. The van der Waals surface area contributed by atoms with Gasteiger partial charge in [-0.25, -0.2) is 13.1 Å². The molecular formula is C13H17NO4S2. The van der Waals surface area contributed by atoms with Gasteiger partial charge in [-0.2, -0.15) is 0 Å². The van der Waals surface area contributed by atoms with Crippen LogP contribution in [0.25, 0.3) is 0 Å². The van der Waals surface area contributed by atoms with E-state index in [0.29, 0.717) is 17.1 Å². The fraction of sp³-hybridized carbons (Fsp3) is 0.385. The fourth-order valence-electron chi connectivity index (χ4n) is 1.98. The Balaban J connectivity index is 2.16. The van der Waals surface area contributed by atoms with Crippen LogP contribution >= 0.6 is 11.3 Å². The number of hydrogen-bond acceptors (Lipinski definition) is 5. The van der Waals surface area contributed by atoms with Crippen molar-refractivity contribution in [2.45, 2.75) is 30.6 Å². The molecule has 2 rings (SSSR count). The van der Waals surface area contributed by atoms with E-state index in [1.807, 2.05) is 0 Å². The van der Waals surface area contributed by atoms with Crippen molar-refractivity contribution in [3.8, 4) is 0 Å². The second-order valence-corrected chi connectivity index (χ2v) is 7.80. The van der Waals surface area contributed by atoms with Crippen LogP contribution in [0.2, 0.25) is 0 Å². The number of rotatable bonds is 5. The Bertz CT molecular complexity index is 684. The summed E-state index contributed by atoms with van der Waals surface area (Å²) in [6.45, 7) is 4.96. The van der Waals surface area contributed by atoms with E-state index in [4.69, 9.17) is 4.42 Å². The summed E-state index contributed by atoms with van der Waals surface area (Å²) in [4.78, 5) is 0.